The summed E-state index contributed by atoms with van der Waals surface area (Å²) in [5.74, 6) is 1.84. The van der Waals surface area contributed by atoms with Gasteiger partial charge in [-0.1, -0.05) is 6.92 Å². The molecule has 0 saturated carbocycles. The molecule has 0 unspecified atom stereocenters. The molecule has 96 valence electrons. The van der Waals surface area contributed by atoms with Gasteiger partial charge in [0.1, 0.15) is 12.2 Å². The third kappa shape index (κ3) is 3.51. The number of hydrogen-bond donors (Lipinski definition) is 1. The summed E-state index contributed by atoms with van der Waals surface area (Å²) >= 11 is 0. The molecule has 17 heavy (non-hydrogen) atoms. The highest BCUT2D eigenvalue weighted by Crippen LogP contribution is 2.15. The van der Waals surface area contributed by atoms with Gasteiger partial charge in [0.2, 0.25) is 0 Å². The molecule has 1 N–H and O–H groups in total. The van der Waals surface area contributed by atoms with Crippen molar-refractivity contribution < 1.29 is 0 Å². The summed E-state index contributed by atoms with van der Waals surface area (Å²) in [5.41, 5.74) is 0. The Balaban J connectivity index is 1.65. The zero-order valence-electron chi connectivity index (χ0n) is 10.9. The molecule has 5 nitrogen and oxygen atoms in total. The van der Waals surface area contributed by atoms with Crippen LogP contribution in [0.15, 0.2) is 6.33 Å². The van der Waals surface area contributed by atoms with E-state index in [4.69, 9.17) is 0 Å². The van der Waals surface area contributed by atoms with Crippen molar-refractivity contribution in [3.8, 4) is 0 Å². The van der Waals surface area contributed by atoms with Crippen molar-refractivity contribution in [3.05, 3.63) is 12.2 Å². The number of piperidine rings is 1. The van der Waals surface area contributed by atoms with Crippen molar-refractivity contribution in [2.24, 2.45) is 13.0 Å². The Bertz CT molecular complexity index is 327. The third-order valence-corrected chi connectivity index (χ3v) is 3.68. The molecule has 0 amide bonds. The number of aryl methyl sites for hydroxylation is 1. The minimum absolute atomic E-state index is 0.824. The minimum atomic E-state index is 0.824. The predicted molar refractivity (Wildman–Crippen MR) is 67.5 cm³/mol. The Labute approximate surface area is 103 Å². The normalized spacial score (nSPS) is 18.7. The van der Waals surface area contributed by atoms with E-state index in [2.05, 4.69) is 27.2 Å². The quantitative estimate of drug-likeness (QED) is 0.816. The van der Waals surface area contributed by atoms with Gasteiger partial charge in [-0.05, 0) is 44.9 Å². The second-order valence-corrected chi connectivity index (χ2v) is 4.81. The van der Waals surface area contributed by atoms with Gasteiger partial charge in [0.15, 0.2) is 0 Å². The fourth-order valence-corrected chi connectivity index (χ4v) is 2.38. The summed E-state index contributed by atoms with van der Waals surface area (Å²) in [6.07, 6.45) is 4.25. The van der Waals surface area contributed by atoms with Crippen molar-refractivity contribution in [3.63, 3.8) is 0 Å². The van der Waals surface area contributed by atoms with Crippen LogP contribution in [0.25, 0.3) is 0 Å². The van der Waals surface area contributed by atoms with Gasteiger partial charge < -0.3 is 10.2 Å². The number of nitrogens with zero attached hydrogens (tertiary/aromatic N) is 4. The molecule has 1 aromatic heterocycles. The van der Waals surface area contributed by atoms with E-state index in [-0.39, 0.29) is 0 Å². The Hall–Kier alpha value is -0.940. The van der Waals surface area contributed by atoms with Crippen LogP contribution in [0.5, 0.6) is 0 Å². The SMILES string of the molecule is CCN1CCC(CNCc2ncnn2C)CC1. The fourth-order valence-electron chi connectivity index (χ4n) is 2.38. The first-order valence-corrected chi connectivity index (χ1v) is 6.55. The maximum absolute atomic E-state index is 4.20. The molecule has 0 aliphatic carbocycles. The van der Waals surface area contributed by atoms with Gasteiger partial charge in [0.25, 0.3) is 0 Å². The van der Waals surface area contributed by atoms with Crippen LogP contribution in [-0.2, 0) is 13.6 Å². The topological polar surface area (TPSA) is 46.0 Å². The Morgan fingerprint density at radius 3 is 2.76 bits per heavy atom. The molecule has 1 fully saturated rings. The van der Waals surface area contributed by atoms with E-state index in [9.17, 15) is 0 Å². The van der Waals surface area contributed by atoms with Crippen LogP contribution in [0.3, 0.4) is 0 Å². The molecule has 0 spiro atoms. The molecular formula is C12H23N5. The van der Waals surface area contributed by atoms with Gasteiger partial charge in [-0.25, -0.2) is 4.98 Å². The van der Waals surface area contributed by atoms with Gasteiger partial charge in [0.05, 0.1) is 6.54 Å². The van der Waals surface area contributed by atoms with Crippen LogP contribution >= 0.6 is 0 Å². The van der Waals surface area contributed by atoms with Crippen molar-refractivity contribution >= 4 is 0 Å². The van der Waals surface area contributed by atoms with E-state index in [1.807, 2.05) is 11.7 Å². The monoisotopic (exact) mass is 237 g/mol. The molecule has 1 aromatic rings. The van der Waals surface area contributed by atoms with E-state index >= 15 is 0 Å². The Morgan fingerprint density at radius 1 is 1.41 bits per heavy atom. The van der Waals surface area contributed by atoms with Gasteiger partial charge >= 0.3 is 0 Å². The Kier molecular flexibility index (Phi) is 4.50. The lowest BCUT2D eigenvalue weighted by atomic mass is 9.97. The van der Waals surface area contributed by atoms with Gasteiger partial charge in [-0.3, -0.25) is 4.68 Å². The van der Waals surface area contributed by atoms with Gasteiger partial charge in [0, 0.05) is 7.05 Å². The van der Waals surface area contributed by atoms with Crippen LogP contribution in [0.4, 0.5) is 0 Å². The lowest BCUT2D eigenvalue weighted by Crippen LogP contribution is -2.37. The number of nitrogens with one attached hydrogen (secondary N) is 1. The summed E-state index contributed by atoms with van der Waals surface area (Å²) in [5, 5.41) is 7.55. The van der Waals surface area contributed by atoms with E-state index in [0.29, 0.717) is 0 Å². The highest BCUT2D eigenvalue weighted by molar-refractivity contribution is 4.83. The van der Waals surface area contributed by atoms with Crippen LogP contribution in [-0.4, -0.2) is 45.8 Å². The van der Waals surface area contributed by atoms with Crippen molar-refractivity contribution in [1.82, 2.24) is 25.0 Å². The molecule has 0 atom stereocenters. The average molecular weight is 237 g/mol. The lowest BCUT2D eigenvalue weighted by molar-refractivity contribution is 0.190. The molecule has 0 aromatic carbocycles. The lowest BCUT2D eigenvalue weighted by Gasteiger charge is -2.31. The Morgan fingerprint density at radius 2 is 2.18 bits per heavy atom. The number of rotatable bonds is 5. The third-order valence-electron chi connectivity index (χ3n) is 3.68. The fraction of sp³-hybridized carbons (Fsp3) is 0.833. The number of aromatic nitrogens is 3. The van der Waals surface area contributed by atoms with Crippen LogP contribution in [0.1, 0.15) is 25.6 Å². The van der Waals surface area contributed by atoms with Crippen molar-refractivity contribution in [2.45, 2.75) is 26.3 Å². The first kappa shape index (κ1) is 12.5. The number of hydrogen-bond acceptors (Lipinski definition) is 4. The van der Waals surface area contributed by atoms with E-state index in [1.54, 1.807) is 6.33 Å². The highest BCUT2D eigenvalue weighted by Gasteiger charge is 2.17. The first-order chi connectivity index (χ1) is 8.29. The average Bonchev–Trinajstić information content (AvgIpc) is 2.76. The predicted octanol–water partition coefficient (Wildman–Crippen LogP) is 0.637. The largest absolute Gasteiger partial charge is 0.310 e. The molecule has 0 radical (unpaired) electrons. The molecule has 2 heterocycles. The van der Waals surface area contributed by atoms with E-state index in [1.165, 1.54) is 32.5 Å². The smallest absolute Gasteiger partial charge is 0.140 e. The molecule has 1 aliphatic heterocycles. The molecule has 1 saturated heterocycles. The number of likely N-dealkylation sites (tertiary alicyclic amines) is 1. The second kappa shape index (κ2) is 6.12. The molecule has 5 heteroatoms. The molecule has 0 bridgehead atoms. The van der Waals surface area contributed by atoms with Crippen LogP contribution < -0.4 is 5.32 Å². The van der Waals surface area contributed by atoms with Gasteiger partial charge in [-0.15, -0.1) is 0 Å². The zero-order valence-corrected chi connectivity index (χ0v) is 10.9. The molecule has 1 aliphatic rings. The maximum Gasteiger partial charge on any atom is 0.140 e. The molecular weight excluding hydrogens is 214 g/mol. The summed E-state index contributed by atoms with van der Waals surface area (Å²) in [4.78, 5) is 6.73. The van der Waals surface area contributed by atoms with E-state index < -0.39 is 0 Å². The van der Waals surface area contributed by atoms with Crippen molar-refractivity contribution in [2.75, 3.05) is 26.2 Å². The maximum atomic E-state index is 4.20. The minimum Gasteiger partial charge on any atom is -0.310 e. The summed E-state index contributed by atoms with van der Waals surface area (Å²) < 4.78 is 1.83. The summed E-state index contributed by atoms with van der Waals surface area (Å²) in [6.45, 7) is 7.88. The second-order valence-electron chi connectivity index (χ2n) is 4.81. The zero-order chi connectivity index (χ0) is 12.1. The summed E-state index contributed by atoms with van der Waals surface area (Å²) in [7, 11) is 1.93. The highest BCUT2D eigenvalue weighted by atomic mass is 15.3. The van der Waals surface area contributed by atoms with Crippen LogP contribution in [0, 0.1) is 5.92 Å². The standard InChI is InChI=1S/C12H23N5/c1-3-17-6-4-11(5-7-17)8-13-9-12-14-10-15-16(12)2/h10-11,13H,3-9H2,1-2H3. The summed E-state index contributed by atoms with van der Waals surface area (Å²) in [6, 6.07) is 0. The first-order valence-electron chi connectivity index (χ1n) is 6.55. The molecule has 2 rings (SSSR count). The van der Waals surface area contributed by atoms with Crippen molar-refractivity contribution in [1.29, 1.82) is 0 Å². The van der Waals surface area contributed by atoms with E-state index in [0.717, 1.165) is 24.8 Å². The van der Waals surface area contributed by atoms with Gasteiger partial charge in [-0.2, -0.15) is 5.10 Å². The van der Waals surface area contributed by atoms with Crippen LogP contribution in [0.2, 0.25) is 0 Å².